The summed E-state index contributed by atoms with van der Waals surface area (Å²) in [6.45, 7) is 0. The molecule has 2 N–H and O–H groups in total. The van der Waals surface area contributed by atoms with Gasteiger partial charge in [-0.1, -0.05) is 0 Å². The second kappa shape index (κ2) is 4.14. The Kier molecular flexibility index (Phi) is 3.55. The van der Waals surface area contributed by atoms with Gasteiger partial charge >= 0.3 is 0 Å². The normalized spacial score (nSPS) is 8.83. The van der Waals surface area contributed by atoms with Crippen molar-refractivity contribution in [1.29, 1.82) is 5.53 Å². The predicted octanol–water partition coefficient (Wildman–Crippen LogP) is 0.708. The first-order valence-corrected chi connectivity index (χ1v) is 1.60. The summed E-state index contributed by atoms with van der Waals surface area (Å²) in [5.74, 6) is 0. The van der Waals surface area contributed by atoms with Crippen LogP contribution in [0.25, 0.3) is 0 Å². The van der Waals surface area contributed by atoms with Crippen molar-refractivity contribution < 1.29 is 0 Å². The van der Waals surface area contributed by atoms with Crippen LogP contribution in [0.15, 0.2) is 17.5 Å². The summed E-state index contributed by atoms with van der Waals surface area (Å²) in [5, 5.41) is 5.61. The van der Waals surface area contributed by atoms with E-state index in [4.69, 9.17) is 5.53 Å². The topological polar surface area (TPSA) is 48.2 Å². The van der Waals surface area contributed by atoms with Gasteiger partial charge in [0.15, 0.2) is 0 Å². The number of nitrogens with zero attached hydrogens (tertiary/aromatic N) is 1. The molecule has 0 saturated heterocycles. The zero-order chi connectivity index (χ0) is 4.83. The second-order valence-electron chi connectivity index (χ2n) is 0.734. The molecule has 0 amide bonds. The SMILES string of the molecule is CN/C=C/N=N. The van der Waals surface area contributed by atoms with Crippen molar-refractivity contribution in [1.82, 2.24) is 5.32 Å². The lowest BCUT2D eigenvalue weighted by molar-refractivity contribution is 1.06. The van der Waals surface area contributed by atoms with Gasteiger partial charge in [-0.25, -0.2) is 5.53 Å². The summed E-state index contributed by atoms with van der Waals surface area (Å²) < 4.78 is 0. The Morgan fingerprint density at radius 2 is 2.50 bits per heavy atom. The van der Waals surface area contributed by atoms with Gasteiger partial charge in [0.2, 0.25) is 0 Å². The molecule has 3 nitrogen and oxygen atoms in total. The molecule has 0 aliphatic carbocycles. The number of nitrogens with one attached hydrogen (secondary N) is 2. The molecule has 0 rings (SSSR count). The van der Waals surface area contributed by atoms with Crippen molar-refractivity contribution in [3.8, 4) is 0 Å². The van der Waals surface area contributed by atoms with E-state index in [1.54, 1.807) is 13.2 Å². The highest BCUT2D eigenvalue weighted by atomic mass is 14.9. The van der Waals surface area contributed by atoms with Crippen molar-refractivity contribution in [2.45, 2.75) is 0 Å². The third-order valence-corrected chi connectivity index (χ3v) is 0.316. The highest BCUT2D eigenvalue weighted by molar-refractivity contribution is 4.71. The number of rotatable bonds is 2. The van der Waals surface area contributed by atoms with E-state index >= 15 is 0 Å². The summed E-state index contributed by atoms with van der Waals surface area (Å²) in [6.07, 6.45) is 2.94. The highest BCUT2D eigenvalue weighted by Crippen LogP contribution is 1.62. The summed E-state index contributed by atoms with van der Waals surface area (Å²) in [4.78, 5) is 0. The van der Waals surface area contributed by atoms with Crippen molar-refractivity contribution in [2.24, 2.45) is 5.11 Å². The zero-order valence-corrected chi connectivity index (χ0v) is 3.60. The van der Waals surface area contributed by atoms with E-state index in [2.05, 4.69) is 10.4 Å². The average molecular weight is 85.1 g/mol. The third kappa shape index (κ3) is 3.14. The van der Waals surface area contributed by atoms with Crippen LogP contribution in [-0.4, -0.2) is 7.05 Å². The molecular formula is C3H7N3. The maximum absolute atomic E-state index is 6.20. The molecule has 0 radical (unpaired) electrons. The van der Waals surface area contributed by atoms with Gasteiger partial charge in [-0.05, 0) is 0 Å². The monoisotopic (exact) mass is 85.1 g/mol. The van der Waals surface area contributed by atoms with E-state index in [1.807, 2.05) is 0 Å². The molecule has 0 saturated carbocycles. The quantitative estimate of drug-likeness (QED) is 0.476. The summed E-state index contributed by atoms with van der Waals surface area (Å²) in [5.41, 5.74) is 6.20. The lowest BCUT2D eigenvalue weighted by atomic mass is 10.9. The van der Waals surface area contributed by atoms with Gasteiger partial charge in [-0.2, -0.15) is 5.11 Å². The molecule has 3 heteroatoms. The molecule has 0 aliphatic rings. The van der Waals surface area contributed by atoms with E-state index in [0.29, 0.717) is 0 Å². The lowest BCUT2D eigenvalue weighted by Gasteiger charge is -1.75. The molecule has 0 bridgehead atoms. The van der Waals surface area contributed by atoms with E-state index in [-0.39, 0.29) is 0 Å². The Balaban J connectivity index is 2.94. The molecule has 0 unspecified atom stereocenters. The molecule has 0 atom stereocenters. The predicted molar refractivity (Wildman–Crippen MR) is 23.3 cm³/mol. The molecule has 0 aromatic rings. The van der Waals surface area contributed by atoms with Crippen molar-refractivity contribution in [2.75, 3.05) is 7.05 Å². The Hall–Kier alpha value is -0.860. The lowest BCUT2D eigenvalue weighted by Crippen LogP contribution is -1.89. The van der Waals surface area contributed by atoms with Gasteiger partial charge in [0.1, 0.15) is 0 Å². The summed E-state index contributed by atoms with van der Waals surface area (Å²) in [6, 6.07) is 0. The fraction of sp³-hybridized carbons (Fsp3) is 0.333. The van der Waals surface area contributed by atoms with Crippen LogP contribution in [0.1, 0.15) is 0 Å². The van der Waals surface area contributed by atoms with Crippen molar-refractivity contribution in [3.63, 3.8) is 0 Å². The van der Waals surface area contributed by atoms with Gasteiger partial charge in [-0.15, -0.1) is 0 Å². The minimum absolute atomic E-state index is 1.36. The van der Waals surface area contributed by atoms with Crippen molar-refractivity contribution in [3.05, 3.63) is 12.4 Å². The van der Waals surface area contributed by atoms with E-state index in [1.165, 1.54) is 6.20 Å². The molecular weight excluding hydrogens is 78.1 g/mol. The Bertz CT molecular complexity index is 57.1. The van der Waals surface area contributed by atoms with Gasteiger partial charge in [0.25, 0.3) is 0 Å². The fourth-order valence-electron chi connectivity index (χ4n) is 0.112. The summed E-state index contributed by atoms with van der Waals surface area (Å²) in [7, 11) is 1.75. The maximum atomic E-state index is 6.20. The van der Waals surface area contributed by atoms with Crippen molar-refractivity contribution >= 4 is 0 Å². The van der Waals surface area contributed by atoms with Crippen LogP contribution in [0.4, 0.5) is 0 Å². The smallest absolute Gasteiger partial charge is 0.0645 e. The van der Waals surface area contributed by atoms with E-state index < -0.39 is 0 Å². The van der Waals surface area contributed by atoms with Gasteiger partial charge < -0.3 is 5.32 Å². The Morgan fingerprint density at radius 1 is 1.83 bits per heavy atom. The molecule has 34 valence electrons. The maximum Gasteiger partial charge on any atom is 0.0645 e. The minimum atomic E-state index is 1.36. The van der Waals surface area contributed by atoms with E-state index in [9.17, 15) is 0 Å². The first-order valence-electron chi connectivity index (χ1n) is 1.60. The van der Waals surface area contributed by atoms with Crippen LogP contribution in [-0.2, 0) is 0 Å². The zero-order valence-electron chi connectivity index (χ0n) is 3.60. The van der Waals surface area contributed by atoms with E-state index in [0.717, 1.165) is 0 Å². The minimum Gasteiger partial charge on any atom is -0.393 e. The van der Waals surface area contributed by atoms with Gasteiger partial charge in [0.05, 0.1) is 6.20 Å². The largest absolute Gasteiger partial charge is 0.393 e. The molecule has 0 aromatic carbocycles. The number of hydrogen-bond acceptors (Lipinski definition) is 3. The molecule has 0 aromatic heterocycles. The Morgan fingerprint density at radius 3 is 2.67 bits per heavy atom. The highest BCUT2D eigenvalue weighted by Gasteiger charge is 1.51. The molecule has 0 aliphatic heterocycles. The standard InChI is InChI=1S/C3H7N3/c1-5-2-3-6-4/h2-5H,1H3/b3-2+,6-4?. The van der Waals surface area contributed by atoms with Crippen LogP contribution in [0, 0.1) is 5.53 Å². The third-order valence-electron chi connectivity index (χ3n) is 0.316. The molecule has 0 heterocycles. The second-order valence-corrected chi connectivity index (χ2v) is 0.734. The molecule has 6 heavy (non-hydrogen) atoms. The van der Waals surface area contributed by atoms with Gasteiger partial charge in [0, 0.05) is 13.2 Å². The van der Waals surface area contributed by atoms with Crippen LogP contribution >= 0.6 is 0 Å². The molecule has 0 fully saturated rings. The molecule has 0 spiro atoms. The summed E-state index contributed by atoms with van der Waals surface area (Å²) >= 11 is 0. The van der Waals surface area contributed by atoms with Crippen LogP contribution in [0.3, 0.4) is 0 Å². The van der Waals surface area contributed by atoms with Crippen LogP contribution in [0.5, 0.6) is 0 Å². The van der Waals surface area contributed by atoms with Crippen LogP contribution < -0.4 is 5.32 Å². The Labute approximate surface area is 36.6 Å². The first-order chi connectivity index (χ1) is 2.91. The first kappa shape index (κ1) is 5.14. The van der Waals surface area contributed by atoms with Crippen LogP contribution in [0.2, 0.25) is 0 Å². The fourth-order valence-corrected chi connectivity index (χ4v) is 0.112. The average Bonchev–Trinajstić information content (AvgIpc) is 1.61. The number of hydrogen-bond donors (Lipinski definition) is 2. The van der Waals surface area contributed by atoms with Gasteiger partial charge in [-0.3, -0.25) is 0 Å².